The summed E-state index contributed by atoms with van der Waals surface area (Å²) >= 11 is 0. The van der Waals surface area contributed by atoms with E-state index in [9.17, 15) is 4.21 Å². The van der Waals surface area contributed by atoms with E-state index in [2.05, 4.69) is 19.9 Å². The van der Waals surface area contributed by atoms with Crippen LogP contribution in [0, 0.1) is 19.3 Å². The smallest absolute Gasteiger partial charge is 0.0579 e. The van der Waals surface area contributed by atoms with E-state index in [-0.39, 0.29) is 16.7 Å². The van der Waals surface area contributed by atoms with Crippen LogP contribution in [0.3, 0.4) is 0 Å². The van der Waals surface area contributed by atoms with Crippen molar-refractivity contribution in [2.24, 2.45) is 11.1 Å². The van der Waals surface area contributed by atoms with Crippen molar-refractivity contribution in [1.82, 2.24) is 0 Å². The van der Waals surface area contributed by atoms with E-state index >= 15 is 0 Å². The van der Waals surface area contributed by atoms with Gasteiger partial charge >= 0.3 is 0 Å². The quantitative estimate of drug-likeness (QED) is 0.893. The third kappa shape index (κ3) is 2.39. The molecule has 1 aromatic rings. The lowest BCUT2D eigenvalue weighted by Gasteiger charge is -2.26. The average molecular weight is 265 g/mol. The van der Waals surface area contributed by atoms with Gasteiger partial charge in [-0.05, 0) is 49.3 Å². The standard InChI is InChI=1S/C15H23NOS/c1-10-5-6-11(2)13(9-10)18(17)12-7-8-15(3,4)14(12)16/h5-6,9,12,14H,7-8,16H2,1-4H3. The molecule has 0 aromatic heterocycles. The largest absolute Gasteiger partial charge is 0.326 e. The number of hydrogen-bond donors (Lipinski definition) is 1. The highest BCUT2D eigenvalue weighted by Gasteiger charge is 2.42. The van der Waals surface area contributed by atoms with Gasteiger partial charge in [0.25, 0.3) is 0 Å². The van der Waals surface area contributed by atoms with Gasteiger partial charge in [0.05, 0.1) is 16.0 Å². The molecule has 3 atom stereocenters. The van der Waals surface area contributed by atoms with E-state index in [0.29, 0.717) is 0 Å². The van der Waals surface area contributed by atoms with Crippen LogP contribution >= 0.6 is 0 Å². The van der Waals surface area contributed by atoms with Crippen molar-refractivity contribution in [1.29, 1.82) is 0 Å². The first-order valence-corrected chi connectivity index (χ1v) is 7.77. The molecule has 0 bridgehead atoms. The molecule has 0 saturated heterocycles. The molecule has 1 saturated carbocycles. The fourth-order valence-corrected chi connectivity index (χ4v) is 4.67. The molecule has 1 aliphatic rings. The number of benzene rings is 1. The van der Waals surface area contributed by atoms with Gasteiger partial charge in [0.2, 0.25) is 0 Å². The van der Waals surface area contributed by atoms with Crippen molar-refractivity contribution < 1.29 is 4.21 Å². The Balaban J connectivity index is 2.30. The van der Waals surface area contributed by atoms with Crippen molar-refractivity contribution in [3.05, 3.63) is 29.3 Å². The summed E-state index contributed by atoms with van der Waals surface area (Å²) in [4.78, 5) is 0.966. The van der Waals surface area contributed by atoms with Crippen molar-refractivity contribution >= 4 is 10.8 Å². The van der Waals surface area contributed by atoms with Crippen LogP contribution in [0.2, 0.25) is 0 Å². The molecule has 0 amide bonds. The first kappa shape index (κ1) is 13.8. The summed E-state index contributed by atoms with van der Waals surface area (Å²) < 4.78 is 12.7. The summed E-state index contributed by atoms with van der Waals surface area (Å²) in [5.74, 6) is 0. The summed E-state index contributed by atoms with van der Waals surface area (Å²) in [5.41, 5.74) is 8.67. The minimum absolute atomic E-state index is 0.0262. The number of hydrogen-bond acceptors (Lipinski definition) is 2. The molecule has 0 heterocycles. The average Bonchev–Trinajstić information content (AvgIpc) is 2.57. The Morgan fingerprint density at radius 2 is 2.00 bits per heavy atom. The van der Waals surface area contributed by atoms with E-state index in [1.54, 1.807) is 0 Å². The first-order valence-electron chi connectivity index (χ1n) is 6.56. The van der Waals surface area contributed by atoms with Gasteiger partial charge < -0.3 is 5.73 Å². The highest BCUT2D eigenvalue weighted by molar-refractivity contribution is 7.85. The Morgan fingerprint density at radius 3 is 2.56 bits per heavy atom. The molecule has 3 unspecified atom stereocenters. The molecule has 1 fully saturated rings. The molecule has 3 heteroatoms. The summed E-state index contributed by atoms with van der Waals surface area (Å²) in [7, 11) is -0.982. The fourth-order valence-electron chi connectivity index (χ4n) is 2.69. The maximum Gasteiger partial charge on any atom is 0.0579 e. The number of nitrogens with two attached hydrogens (primary N) is 1. The molecule has 1 aliphatic carbocycles. The van der Waals surface area contributed by atoms with Crippen LogP contribution in [-0.2, 0) is 10.8 Å². The van der Waals surface area contributed by atoms with Crippen LogP contribution in [0.4, 0.5) is 0 Å². The predicted octanol–water partition coefficient (Wildman–Crippen LogP) is 2.93. The molecule has 100 valence electrons. The lowest BCUT2D eigenvalue weighted by molar-refractivity contribution is 0.334. The zero-order valence-corrected chi connectivity index (χ0v) is 12.5. The van der Waals surface area contributed by atoms with Crippen molar-refractivity contribution in [2.75, 3.05) is 0 Å². The lowest BCUT2D eigenvalue weighted by atomic mass is 9.88. The van der Waals surface area contributed by atoms with Crippen LogP contribution in [0.25, 0.3) is 0 Å². The Labute approximate surface area is 112 Å². The Bertz CT molecular complexity index is 481. The molecule has 1 aromatic carbocycles. The molecular weight excluding hydrogens is 242 g/mol. The molecule has 0 aliphatic heterocycles. The van der Waals surface area contributed by atoms with Gasteiger partial charge in [-0.1, -0.05) is 26.0 Å². The predicted molar refractivity (Wildman–Crippen MR) is 77.1 cm³/mol. The van der Waals surface area contributed by atoms with Crippen LogP contribution in [-0.4, -0.2) is 15.5 Å². The van der Waals surface area contributed by atoms with Crippen LogP contribution in [0.1, 0.15) is 37.8 Å². The third-order valence-corrected chi connectivity index (χ3v) is 6.16. The zero-order valence-electron chi connectivity index (χ0n) is 11.7. The van der Waals surface area contributed by atoms with Crippen LogP contribution < -0.4 is 5.73 Å². The third-order valence-electron chi connectivity index (χ3n) is 4.21. The minimum Gasteiger partial charge on any atom is -0.326 e. The summed E-state index contributed by atoms with van der Waals surface area (Å²) in [6.45, 7) is 8.42. The highest BCUT2D eigenvalue weighted by Crippen LogP contribution is 2.40. The van der Waals surface area contributed by atoms with Crippen molar-refractivity contribution in [3.63, 3.8) is 0 Å². The SMILES string of the molecule is Cc1ccc(C)c(S(=O)C2CCC(C)(C)C2N)c1. The normalized spacial score (nSPS) is 28.3. The second-order valence-corrected chi connectivity index (χ2v) is 7.80. The molecule has 2 rings (SSSR count). The van der Waals surface area contributed by atoms with E-state index < -0.39 is 10.8 Å². The van der Waals surface area contributed by atoms with Crippen molar-refractivity contribution in [3.8, 4) is 0 Å². The second-order valence-electron chi connectivity index (χ2n) is 6.16. The van der Waals surface area contributed by atoms with Gasteiger partial charge in [-0.25, -0.2) is 0 Å². The Hall–Kier alpha value is -0.670. The summed E-state index contributed by atoms with van der Waals surface area (Å²) in [6.07, 6.45) is 2.03. The van der Waals surface area contributed by atoms with Gasteiger partial charge in [-0.2, -0.15) is 0 Å². The molecule has 2 nitrogen and oxygen atoms in total. The first-order chi connectivity index (χ1) is 8.33. The van der Waals surface area contributed by atoms with Crippen LogP contribution in [0.5, 0.6) is 0 Å². The van der Waals surface area contributed by atoms with Gasteiger partial charge in [0.1, 0.15) is 0 Å². The van der Waals surface area contributed by atoms with Crippen LogP contribution in [0.15, 0.2) is 23.1 Å². The Kier molecular flexibility index (Phi) is 3.65. The minimum atomic E-state index is -0.982. The van der Waals surface area contributed by atoms with E-state index in [1.165, 1.54) is 0 Å². The number of rotatable bonds is 2. The summed E-state index contributed by atoms with van der Waals surface area (Å²) in [6, 6.07) is 6.19. The zero-order chi connectivity index (χ0) is 13.5. The van der Waals surface area contributed by atoms with Gasteiger partial charge in [-0.3, -0.25) is 4.21 Å². The molecular formula is C15H23NOS. The fraction of sp³-hybridized carbons (Fsp3) is 0.600. The maximum absolute atomic E-state index is 12.7. The van der Waals surface area contributed by atoms with E-state index in [4.69, 9.17) is 5.73 Å². The molecule has 2 N–H and O–H groups in total. The second kappa shape index (κ2) is 4.78. The van der Waals surface area contributed by atoms with Crippen molar-refractivity contribution in [2.45, 2.75) is 56.7 Å². The van der Waals surface area contributed by atoms with Gasteiger partial charge in [0, 0.05) is 10.9 Å². The number of aryl methyl sites for hydroxylation is 2. The molecule has 18 heavy (non-hydrogen) atoms. The summed E-state index contributed by atoms with van der Waals surface area (Å²) in [5, 5.41) is 0.0977. The monoisotopic (exact) mass is 265 g/mol. The molecule has 0 spiro atoms. The van der Waals surface area contributed by atoms with E-state index in [1.807, 2.05) is 26.0 Å². The maximum atomic E-state index is 12.7. The molecule has 0 radical (unpaired) electrons. The lowest BCUT2D eigenvalue weighted by Crippen LogP contribution is -2.41. The topological polar surface area (TPSA) is 43.1 Å². The van der Waals surface area contributed by atoms with Gasteiger partial charge in [-0.15, -0.1) is 0 Å². The Morgan fingerprint density at radius 1 is 1.33 bits per heavy atom. The van der Waals surface area contributed by atoms with E-state index in [0.717, 1.165) is 28.9 Å². The highest BCUT2D eigenvalue weighted by atomic mass is 32.2. The van der Waals surface area contributed by atoms with Gasteiger partial charge in [0.15, 0.2) is 0 Å².